The lowest BCUT2D eigenvalue weighted by Crippen LogP contribution is -2.42. The molecule has 1 aromatic carbocycles. The van der Waals surface area contributed by atoms with Gasteiger partial charge in [-0.25, -0.2) is 0 Å². The quantitative estimate of drug-likeness (QED) is 0.811. The molecule has 122 valence electrons. The first kappa shape index (κ1) is 18.2. The fraction of sp³-hybridized carbons (Fsp3) is 0.529. The van der Waals surface area contributed by atoms with Gasteiger partial charge in [-0.1, -0.05) is 19.1 Å². The molecule has 2 amide bonds. The topological polar surface area (TPSA) is 61.4 Å². The van der Waals surface area contributed by atoms with Gasteiger partial charge in [-0.15, -0.1) is 0 Å². The number of carbonyl (C=O) groups is 2. The second kappa shape index (κ2) is 8.54. The zero-order chi connectivity index (χ0) is 16.7. The van der Waals surface area contributed by atoms with Gasteiger partial charge < -0.3 is 10.6 Å². The minimum Gasteiger partial charge on any atom is -0.353 e. The lowest BCUT2D eigenvalue weighted by atomic mass is 10.1. The van der Waals surface area contributed by atoms with Crippen molar-refractivity contribution in [3.05, 3.63) is 29.3 Å². The maximum absolute atomic E-state index is 12.2. The van der Waals surface area contributed by atoms with Crippen molar-refractivity contribution in [2.45, 2.75) is 40.7 Å². The maximum atomic E-state index is 12.2. The van der Waals surface area contributed by atoms with Crippen LogP contribution >= 0.6 is 0 Å². The average Bonchev–Trinajstić information content (AvgIpc) is 2.41. The second-order valence-electron chi connectivity index (χ2n) is 5.89. The molecule has 0 atom stereocenters. The Kier molecular flexibility index (Phi) is 7.05. The highest BCUT2D eigenvalue weighted by molar-refractivity contribution is 5.93. The number of carbonyl (C=O) groups excluding carboxylic acids is 2. The molecule has 0 aliphatic carbocycles. The van der Waals surface area contributed by atoms with Crippen molar-refractivity contribution >= 4 is 17.5 Å². The summed E-state index contributed by atoms with van der Waals surface area (Å²) in [6.45, 7) is 10.8. The molecule has 0 spiro atoms. The van der Waals surface area contributed by atoms with Crippen LogP contribution in [0, 0.1) is 13.8 Å². The lowest BCUT2D eigenvalue weighted by Gasteiger charge is -2.20. The molecule has 0 unspecified atom stereocenters. The number of hydrogen-bond acceptors (Lipinski definition) is 3. The molecule has 0 aliphatic heterocycles. The van der Waals surface area contributed by atoms with E-state index in [9.17, 15) is 9.59 Å². The van der Waals surface area contributed by atoms with Crippen molar-refractivity contribution in [3.8, 4) is 0 Å². The van der Waals surface area contributed by atoms with Crippen molar-refractivity contribution in [2.24, 2.45) is 0 Å². The molecule has 0 aromatic heterocycles. The number of rotatable bonds is 7. The molecule has 0 saturated heterocycles. The van der Waals surface area contributed by atoms with Crippen LogP contribution in [0.1, 0.15) is 31.9 Å². The number of anilines is 1. The van der Waals surface area contributed by atoms with E-state index in [1.54, 1.807) is 0 Å². The van der Waals surface area contributed by atoms with Gasteiger partial charge in [-0.05, 0) is 51.4 Å². The second-order valence-corrected chi connectivity index (χ2v) is 5.89. The van der Waals surface area contributed by atoms with Crippen LogP contribution in [0.4, 0.5) is 5.69 Å². The summed E-state index contributed by atoms with van der Waals surface area (Å²) in [6.07, 6.45) is 0. The standard InChI is InChI=1S/C17H27N3O2/c1-6-20(10-16(21)18-12(2)3)11-17(22)19-15-9-13(4)7-8-14(15)5/h7-9,12H,6,10-11H2,1-5H3,(H,18,21)(H,19,22). The average molecular weight is 305 g/mol. The van der Waals surface area contributed by atoms with Crippen LogP contribution in [0.5, 0.6) is 0 Å². The molecule has 0 aliphatic rings. The largest absolute Gasteiger partial charge is 0.353 e. The third-order valence-corrected chi connectivity index (χ3v) is 3.30. The van der Waals surface area contributed by atoms with Gasteiger partial charge in [0.2, 0.25) is 11.8 Å². The first-order valence-corrected chi connectivity index (χ1v) is 7.70. The fourth-order valence-electron chi connectivity index (χ4n) is 2.11. The number of amides is 2. The number of aryl methyl sites for hydroxylation is 2. The Hall–Kier alpha value is -1.88. The van der Waals surface area contributed by atoms with Gasteiger partial charge in [0.25, 0.3) is 0 Å². The number of likely N-dealkylation sites (N-methyl/N-ethyl adjacent to an activating group) is 1. The SMILES string of the molecule is CCN(CC(=O)Nc1cc(C)ccc1C)CC(=O)NC(C)C. The third kappa shape index (κ3) is 6.26. The predicted molar refractivity (Wildman–Crippen MR) is 89.9 cm³/mol. The Bertz CT molecular complexity index is 527. The van der Waals surface area contributed by atoms with Gasteiger partial charge in [0.15, 0.2) is 0 Å². The summed E-state index contributed by atoms with van der Waals surface area (Å²) >= 11 is 0. The highest BCUT2D eigenvalue weighted by atomic mass is 16.2. The highest BCUT2D eigenvalue weighted by Crippen LogP contribution is 2.16. The lowest BCUT2D eigenvalue weighted by molar-refractivity contribution is -0.123. The van der Waals surface area contributed by atoms with E-state index >= 15 is 0 Å². The van der Waals surface area contributed by atoms with Crippen molar-refractivity contribution in [3.63, 3.8) is 0 Å². The summed E-state index contributed by atoms with van der Waals surface area (Å²) in [5, 5.41) is 5.75. The molecule has 0 saturated carbocycles. The first-order chi connectivity index (χ1) is 10.3. The molecule has 22 heavy (non-hydrogen) atoms. The van der Waals surface area contributed by atoms with E-state index in [1.807, 2.05) is 57.7 Å². The van der Waals surface area contributed by atoms with Gasteiger partial charge in [0.1, 0.15) is 0 Å². The van der Waals surface area contributed by atoms with E-state index in [1.165, 1.54) is 0 Å². The highest BCUT2D eigenvalue weighted by Gasteiger charge is 2.14. The van der Waals surface area contributed by atoms with Crippen LogP contribution in [0.25, 0.3) is 0 Å². The Balaban J connectivity index is 2.58. The van der Waals surface area contributed by atoms with Crippen molar-refractivity contribution in [1.82, 2.24) is 10.2 Å². The summed E-state index contributed by atoms with van der Waals surface area (Å²) in [6, 6.07) is 6.06. The summed E-state index contributed by atoms with van der Waals surface area (Å²) in [4.78, 5) is 25.8. The third-order valence-electron chi connectivity index (χ3n) is 3.30. The molecule has 1 rings (SSSR count). The summed E-state index contributed by atoms with van der Waals surface area (Å²) in [5.41, 5.74) is 2.96. The van der Waals surface area contributed by atoms with Crippen LogP contribution in [-0.4, -0.2) is 42.4 Å². The Morgan fingerprint density at radius 1 is 1.14 bits per heavy atom. The number of benzene rings is 1. The van der Waals surface area contributed by atoms with Gasteiger partial charge in [-0.2, -0.15) is 0 Å². The van der Waals surface area contributed by atoms with E-state index < -0.39 is 0 Å². The molecule has 1 aromatic rings. The van der Waals surface area contributed by atoms with E-state index in [0.29, 0.717) is 6.54 Å². The monoisotopic (exact) mass is 305 g/mol. The Morgan fingerprint density at radius 3 is 2.36 bits per heavy atom. The molecule has 5 heteroatoms. The van der Waals surface area contributed by atoms with Gasteiger partial charge in [-0.3, -0.25) is 14.5 Å². The van der Waals surface area contributed by atoms with E-state index in [2.05, 4.69) is 10.6 Å². The molecule has 5 nitrogen and oxygen atoms in total. The Labute approximate surface area is 133 Å². The predicted octanol–water partition coefficient (Wildman–Crippen LogP) is 2.09. The smallest absolute Gasteiger partial charge is 0.238 e. The zero-order valence-electron chi connectivity index (χ0n) is 14.2. The van der Waals surface area contributed by atoms with Gasteiger partial charge in [0, 0.05) is 11.7 Å². The van der Waals surface area contributed by atoms with Crippen LogP contribution < -0.4 is 10.6 Å². The molecule has 0 heterocycles. The first-order valence-electron chi connectivity index (χ1n) is 7.70. The van der Waals surface area contributed by atoms with Crippen LogP contribution in [0.2, 0.25) is 0 Å². The minimum atomic E-state index is -0.104. The summed E-state index contributed by atoms with van der Waals surface area (Å²) in [5.74, 6) is -0.163. The van der Waals surface area contributed by atoms with E-state index in [-0.39, 0.29) is 30.9 Å². The normalized spacial score (nSPS) is 10.9. The van der Waals surface area contributed by atoms with Crippen molar-refractivity contribution in [1.29, 1.82) is 0 Å². The van der Waals surface area contributed by atoms with E-state index in [0.717, 1.165) is 16.8 Å². The van der Waals surface area contributed by atoms with Crippen LogP contribution in [0.3, 0.4) is 0 Å². The molecule has 0 bridgehead atoms. The zero-order valence-corrected chi connectivity index (χ0v) is 14.2. The number of nitrogens with one attached hydrogen (secondary N) is 2. The fourth-order valence-corrected chi connectivity index (χ4v) is 2.11. The summed E-state index contributed by atoms with van der Waals surface area (Å²) in [7, 11) is 0. The molecule has 0 radical (unpaired) electrons. The van der Waals surface area contributed by atoms with Gasteiger partial charge in [0.05, 0.1) is 13.1 Å². The number of nitrogens with zero attached hydrogens (tertiary/aromatic N) is 1. The molecule has 0 fully saturated rings. The molecular weight excluding hydrogens is 278 g/mol. The van der Waals surface area contributed by atoms with Crippen LogP contribution in [-0.2, 0) is 9.59 Å². The maximum Gasteiger partial charge on any atom is 0.238 e. The van der Waals surface area contributed by atoms with E-state index in [4.69, 9.17) is 0 Å². The molecular formula is C17H27N3O2. The van der Waals surface area contributed by atoms with Crippen molar-refractivity contribution in [2.75, 3.05) is 25.0 Å². The Morgan fingerprint density at radius 2 is 1.77 bits per heavy atom. The number of hydrogen-bond donors (Lipinski definition) is 2. The van der Waals surface area contributed by atoms with Crippen LogP contribution in [0.15, 0.2) is 18.2 Å². The van der Waals surface area contributed by atoms with Crippen molar-refractivity contribution < 1.29 is 9.59 Å². The minimum absolute atomic E-state index is 0.0589. The van der Waals surface area contributed by atoms with Gasteiger partial charge >= 0.3 is 0 Å². The molecule has 2 N–H and O–H groups in total. The summed E-state index contributed by atoms with van der Waals surface area (Å²) < 4.78 is 0.